The molecule has 1 aliphatic rings. The Kier molecular flexibility index (Phi) is 13.5. The number of methoxy groups -OCH3 is 1. The molecule has 0 fully saturated rings. The lowest BCUT2D eigenvalue weighted by Crippen LogP contribution is -2.41. The molecule has 1 atom stereocenters. The zero-order valence-electron chi connectivity index (χ0n) is 24.2. The van der Waals surface area contributed by atoms with Crippen molar-refractivity contribution in [3.63, 3.8) is 0 Å². The van der Waals surface area contributed by atoms with Gasteiger partial charge in [0, 0.05) is 17.5 Å². The smallest absolute Gasteiger partial charge is 0.363 e. The van der Waals surface area contributed by atoms with Crippen LogP contribution in [0.25, 0.3) is 0 Å². The fraction of sp³-hybridized carbons (Fsp3) is 0.677. The largest absolute Gasteiger partial charge is 0.466 e. The van der Waals surface area contributed by atoms with Gasteiger partial charge in [0.05, 0.1) is 7.11 Å². The topological polar surface area (TPSA) is 97.5 Å². The van der Waals surface area contributed by atoms with E-state index in [1.807, 2.05) is 12.1 Å². The Hall–Kier alpha value is -2.70. The first-order chi connectivity index (χ1) is 18.4. The minimum absolute atomic E-state index is 0.122. The van der Waals surface area contributed by atoms with E-state index in [0.717, 1.165) is 61.6 Å². The SMILES string of the molecule is CCCCCCCCCCC(OC(=O)/C(=N/O)C1=NCC(CCC)(CCC)c2c(C)cccc21)C(=O)OC. The molecule has 7 nitrogen and oxygen atoms in total. The van der Waals surface area contributed by atoms with Crippen LogP contribution < -0.4 is 0 Å². The van der Waals surface area contributed by atoms with Crippen LogP contribution in [0.1, 0.15) is 121 Å². The van der Waals surface area contributed by atoms with Crippen LogP contribution in [0.4, 0.5) is 0 Å². The number of esters is 2. The summed E-state index contributed by atoms with van der Waals surface area (Å²) in [5.74, 6) is -1.47. The van der Waals surface area contributed by atoms with E-state index < -0.39 is 18.0 Å². The average Bonchev–Trinajstić information content (AvgIpc) is 2.91. The van der Waals surface area contributed by atoms with Crippen molar-refractivity contribution in [2.75, 3.05) is 13.7 Å². The number of fused-ring (bicyclic) bond motifs is 1. The Balaban J connectivity index is 2.18. The number of nitrogens with zero attached hydrogens (tertiary/aromatic N) is 2. The summed E-state index contributed by atoms with van der Waals surface area (Å²) in [6.45, 7) is 9.13. The van der Waals surface area contributed by atoms with Gasteiger partial charge < -0.3 is 14.7 Å². The molecule has 1 aromatic rings. The Morgan fingerprint density at radius 1 is 1.00 bits per heavy atom. The maximum Gasteiger partial charge on any atom is 0.363 e. The lowest BCUT2D eigenvalue weighted by atomic mass is 9.68. The number of carbonyl (C=O) groups is 2. The normalized spacial score (nSPS) is 15.4. The summed E-state index contributed by atoms with van der Waals surface area (Å²) in [4.78, 5) is 30.5. The molecule has 212 valence electrons. The first-order valence-corrected chi connectivity index (χ1v) is 14.5. The number of carbonyl (C=O) groups excluding carboxylic acids is 2. The second kappa shape index (κ2) is 16.3. The Morgan fingerprint density at radius 3 is 2.21 bits per heavy atom. The summed E-state index contributed by atoms with van der Waals surface area (Å²) in [6, 6.07) is 5.93. The monoisotopic (exact) mass is 528 g/mol. The maximum atomic E-state index is 13.2. The van der Waals surface area contributed by atoms with E-state index in [-0.39, 0.29) is 11.1 Å². The molecule has 1 N–H and O–H groups in total. The number of aryl methyl sites for hydroxylation is 1. The second-order valence-electron chi connectivity index (χ2n) is 10.6. The highest BCUT2D eigenvalue weighted by atomic mass is 16.6. The highest BCUT2D eigenvalue weighted by molar-refractivity contribution is 6.69. The van der Waals surface area contributed by atoms with Gasteiger partial charge in [-0.25, -0.2) is 9.59 Å². The van der Waals surface area contributed by atoms with Gasteiger partial charge in [0.1, 0.15) is 5.71 Å². The van der Waals surface area contributed by atoms with Gasteiger partial charge in [-0.15, -0.1) is 0 Å². The highest BCUT2D eigenvalue weighted by Gasteiger charge is 2.40. The number of oxime groups is 1. The van der Waals surface area contributed by atoms with Crippen LogP contribution in [-0.4, -0.2) is 48.3 Å². The second-order valence-corrected chi connectivity index (χ2v) is 10.6. The third-order valence-corrected chi connectivity index (χ3v) is 7.61. The van der Waals surface area contributed by atoms with Crippen molar-refractivity contribution in [3.05, 3.63) is 34.9 Å². The van der Waals surface area contributed by atoms with Crippen LogP contribution in [0.15, 0.2) is 28.3 Å². The molecule has 1 unspecified atom stereocenters. The molecule has 2 rings (SSSR count). The van der Waals surface area contributed by atoms with Crippen LogP contribution in [-0.2, 0) is 24.5 Å². The lowest BCUT2D eigenvalue weighted by molar-refractivity contribution is -0.162. The number of unbranched alkanes of at least 4 members (excludes halogenated alkanes) is 7. The van der Waals surface area contributed by atoms with E-state index >= 15 is 0 Å². The predicted octanol–water partition coefficient (Wildman–Crippen LogP) is 7.08. The zero-order chi connectivity index (χ0) is 28.0. The van der Waals surface area contributed by atoms with Gasteiger partial charge in [-0.1, -0.05) is 102 Å². The van der Waals surface area contributed by atoms with Crippen LogP contribution in [0, 0.1) is 6.92 Å². The van der Waals surface area contributed by atoms with Crippen molar-refractivity contribution in [1.82, 2.24) is 0 Å². The fourth-order valence-electron chi connectivity index (χ4n) is 5.85. The minimum atomic E-state index is -1.05. The minimum Gasteiger partial charge on any atom is -0.466 e. The molecule has 1 heterocycles. The summed E-state index contributed by atoms with van der Waals surface area (Å²) in [5, 5.41) is 13.2. The molecular formula is C31H48N2O5. The molecule has 0 bridgehead atoms. The fourth-order valence-corrected chi connectivity index (χ4v) is 5.85. The van der Waals surface area contributed by atoms with Crippen LogP contribution in [0.3, 0.4) is 0 Å². The molecule has 0 aliphatic carbocycles. The highest BCUT2D eigenvalue weighted by Crippen LogP contribution is 2.41. The van der Waals surface area contributed by atoms with E-state index in [0.29, 0.717) is 18.7 Å². The van der Waals surface area contributed by atoms with Gasteiger partial charge in [0.25, 0.3) is 0 Å². The summed E-state index contributed by atoms with van der Waals surface area (Å²) in [7, 11) is 1.28. The number of benzene rings is 1. The molecule has 0 aromatic heterocycles. The van der Waals surface area contributed by atoms with Gasteiger partial charge >= 0.3 is 11.9 Å². The number of aliphatic imine (C=N–C) groups is 1. The maximum absolute atomic E-state index is 13.2. The standard InChI is InChI=1S/C31H48N2O5/c1-6-9-10-11-12-13-14-15-19-25(29(34)37-5)38-30(35)28(33-36)27-24-18-16-17-23(4)26(24)31(20-7-2,21-8-3)22-32-27/h16-18,25,36H,6-15,19-22H2,1-5H3/b33-28+. The van der Waals surface area contributed by atoms with E-state index in [1.165, 1.54) is 39.2 Å². The Morgan fingerprint density at radius 2 is 1.63 bits per heavy atom. The molecule has 1 aliphatic heterocycles. The Labute approximate surface area is 229 Å². The average molecular weight is 529 g/mol. The molecule has 7 heteroatoms. The molecule has 0 amide bonds. The van der Waals surface area contributed by atoms with E-state index in [4.69, 9.17) is 14.5 Å². The van der Waals surface area contributed by atoms with Crippen molar-refractivity contribution in [1.29, 1.82) is 0 Å². The van der Waals surface area contributed by atoms with Crippen LogP contribution in [0.2, 0.25) is 0 Å². The van der Waals surface area contributed by atoms with Crippen molar-refractivity contribution >= 4 is 23.4 Å². The predicted molar refractivity (Wildman–Crippen MR) is 152 cm³/mol. The summed E-state index contributed by atoms with van der Waals surface area (Å²) in [6.07, 6.45) is 12.2. The molecule has 0 saturated heterocycles. The third-order valence-electron chi connectivity index (χ3n) is 7.61. The first kappa shape index (κ1) is 31.5. The van der Waals surface area contributed by atoms with Crippen molar-refractivity contribution in [2.45, 2.75) is 123 Å². The van der Waals surface area contributed by atoms with E-state index in [2.05, 4.69) is 38.9 Å². The van der Waals surface area contributed by atoms with Gasteiger partial charge in [-0.3, -0.25) is 4.99 Å². The molecule has 1 aromatic carbocycles. The summed E-state index contributed by atoms with van der Waals surface area (Å²) in [5.41, 5.74) is 3.00. The summed E-state index contributed by atoms with van der Waals surface area (Å²) >= 11 is 0. The molecule has 0 saturated carbocycles. The molecule has 38 heavy (non-hydrogen) atoms. The number of ether oxygens (including phenoxy) is 2. The van der Waals surface area contributed by atoms with Gasteiger partial charge in [-0.2, -0.15) is 0 Å². The third kappa shape index (κ3) is 8.15. The zero-order valence-corrected chi connectivity index (χ0v) is 24.2. The first-order valence-electron chi connectivity index (χ1n) is 14.5. The lowest BCUT2D eigenvalue weighted by Gasteiger charge is -2.39. The molecular weight excluding hydrogens is 480 g/mol. The van der Waals surface area contributed by atoms with Gasteiger partial charge in [-0.05, 0) is 43.7 Å². The van der Waals surface area contributed by atoms with Crippen molar-refractivity contribution in [3.8, 4) is 0 Å². The van der Waals surface area contributed by atoms with E-state index in [1.54, 1.807) is 0 Å². The van der Waals surface area contributed by atoms with Gasteiger partial charge in [0.2, 0.25) is 5.71 Å². The van der Waals surface area contributed by atoms with Crippen molar-refractivity contribution < 1.29 is 24.3 Å². The number of rotatable bonds is 17. The number of hydrogen-bond donors (Lipinski definition) is 1. The Bertz CT molecular complexity index is 963. The summed E-state index contributed by atoms with van der Waals surface area (Å²) < 4.78 is 10.5. The van der Waals surface area contributed by atoms with E-state index in [9.17, 15) is 14.8 Å². The van der Waals surface area contributed by atoms with Crippen molar-refractivity contribution in [2.24, 2.45) is 10.1 Å². The molecule has 0 radical (unpaired) electrons. The van der Waals surface area contributed by atoms with Crippen LogP contribution in [0.5, 0.6) is 0 Å². The molecule has 0 spiro atoms. The van der Waals surface area contributed by atoms with Crippen LogP contribution >= 0.6 is 0 Å². The quantitative estimate of drug-likeness (QED) is 0.0766. The number of hydrogen-bond acceptors (Lipinski definition) is 7. The van der Waals surface area contributed by atoms with Gasteiger partial charge in [0.15, 0.2) is 6.10 Å².